The van der Waals surface area contributed by atoms with Crippen LogP contribution in [0.25, 0.3) is 0 Å². The summed E-state index contributed by atoms with van der Waals surface area (Å²) in [6.45, 7) is 3.50. The third kappa shape index (κ3) is 2.28. The van der Waals surface area contributed by atoms with Crippen LogP contribution in [0.5, 0.6) is 0 Å². The molecule has 1 aromatic carbocycles. The van der Waals surface area contributed by atoms with E-state index in [-0.39, 0.29) is 6.04 Å². The smallest absolute Gasteiger partial charge is 0.290 e. The summed E-state index contributed by atoms with van der Waals surface area (Å²) < 4.78 is 0.787. The first-order valence-electron chi connectivity index (χ1n) is 7.53. The summed E-state index contributed by atoms with van der Waals surface area (Å²) in [7, 11) is 0. The molecule has 0 bridgehead atoms. The number of benzene rings is 1. The van der Waals surface area contributed by atoms with Crippen molar-refractivity contribution in [2.24, 2.45) is 0 Å². The van der Waals surface area contributed by atoms with Crippen molar-refractivity contribution in [3.8, 4) is 0 Å². The summed E-state index contributed by atoms with van der Waals surface area (Å²) in [4.78, 5) is 29.9. The van der Waals surface area contributed by atoms with E-state index in [2.05, 4.69) is 39.2 Å². The molecule has 0 saturated heterocycles. The summed E-state index contributed by atoms with van der Waals surface area (Å²) in [6, 6.07) is 7.79. The SMILES string of the molecule is C[C@H]1c2ccsc2CCN1CN1C(=O)C(=O)c2cccc(Br)c21. The van der Waals surface area contributed by atoms with Crippen LogP contribution in [0, 0.1) is 0 Å². The number of thiophene rings is 1. The van der Waals surface area contributed by atoms with E-state index in [9.17, 15) is 9.59 Å². The van der Waals surface area contributed by atoms with E-state index >= 15 is 0 Å². The lowest BCUT2D eigenvalue weighted by atomic mass is 10.0. The topological polar surface area (TPSA) is 40.6 Å². The molecule has 23 heavy (non-hydrogen) atoms. The van der Waals surface area contributed by atoms with Gasteiger partial charge in [0.1, 0.15) is 0 Å². The Morgan fingerprint density at radius 2 is 2.13 bits per heavy atom. The second kappa shape index (κ2) is 5.54. The van der Waals surface area contributed by atoms with Gasteiger partial charge in [0.2, 0.25) is 0 Å². The van der Waals surface area contributed by atoms with Gasteiger partial charge in [0, 0.05) is 21.9 Å². The number of rotatable bonds is 2. The number of hydrogen-bond acceptors (Lipinski definition) is 4. The number of carbonyl (C=O) groups is 2. The lowest BCUT2D eigenvalue weighted by Gasteiger charge is -2.36. The van der Waals surface area contributed by atoms with Crippen molar-refractivity contribution in [1.82, 2.24) is 4.90 Å². The molecular weight excluding hydrogens is 376 g/mol. The first-order valence-corrected chi connectivity index (χ1v) is 9.20. The predicted molar refractivity (Wildman–Crippen MR) is 94.0 cm³/mol. The van der Waals surface area contributed by atoms with Crippen molar-refractivity contribution in [3.63, 3.8) is 0 Å². The standard InChI is InChI=1S/C17H15BrN2O2S/c1-10-11-6-8-23-14(11)5-7-19(10)9-20-15-12(16(21)17(20)22)3-2-4-13(15)18/h2-4,6,8,10H,5,7,9H2,1H3/t10-/m0/s1. The Morgan fingerprint density at radius 3 is 2.96 bits per heavy atom. The van der Waals surface area contributed by atoms with Crippen molar-refractivity contribution in [2.75, 3.05) is 18.1 Å². The fourth-order valence-electron chi connectivity index (χ4n) is 3.38. The molecule has 0 spiro atoms. The Kier molecular flexibility index (Phi) is 3.63. The highest BCUT2D eigenvalue weighted by atomic mass is 79.9. The van der Waals surface area contributed by atoms with Crippen LogP contribution in [0.4, 0.5) is 5.69 Å². The zero-order chi connectivity index (χ0) is 16.1. The molecule has 2 aromatic rings. The maximum Gasteiger partial charge on any atom is 0.300 e. The van der Waals surface area contributed by atoms with Gasteiger partial charge in [-0.1, -0.05) is 6.07 Å². The average Bonchev–Trinajstić information content (AvgIpc) is 3.10. The van der Waals surface area contributed by atoms with Gasteiger partial charge in [-0.25, -0.2) is 0 Å². The maximum atomic E-state index is 12.4. The largest absolute Gasteiger partial charge is 0.300 e. The maximum absolute atomic E-state index is 12.4. The lowest BCUT2D eigenvalue weighted by Crippen LogP contribution is -2.44. The van der Waals surface area contributed by atoms with Gasteiger partial charge in [0.25, 0.3) is 5.78 Å². The minimum absolute atomic E-state index is 0.249. The number of halogens is 1. The normalized spacial score (nSPS) is 20.8. The van der Waals surface area contributed by atoms with Gasteiger partial charge in [0.05, 0.1) is 17.9 Å². The van der Waals surface area contributed by atoms with E-state index in [0.29, 0.717) is 17.9 Å². The highest BCUT2D eigenvalue weighted by molar-refractivity contribution is 9.10. The Morgan fingerprint density at radius 1 is 1.30 bits per heavy atom. The number of fused-ring (bicyclic) bond motifs is 2. The molecule has 0 radical (unpaired) electrons. The summed E-state index contributed by atoms with van der Waals surface area (Å²) in [5.41, 5.74) is 2.53. The van der Waals surface area contributed by atoms with E-state index in [0.717, 1.165) is 17.4 Å². The first kappa shape index (κ1) is 15.1. The number of nitrogens with zero attached hydrogens (tertiary/aromatic N) is 2. The van der Waals surface area contributed by atoms with Gasteiger partial charge in [0.15, 0.2) is 0 Å². The molecular formula is C17H15BrN2O2S. The quantitative estimate of drug-likeness (QED) is 0.735. The number of anilines is 1. The molecule has 6 heteroatoms. The van der Waals surface area contributed by atoms with Crippen LogP contribution in [0.1, 0.15) is 33.8 Å². The summed E-state index contributed by atoms with van der Waals surface area (Å²) in [6.07, 6.45) is 0.996. The first-order chi connectivity index (χ1) is 11.1. The second-order valence-electron chi connectivity index (χ2n) is 5.88. The van der Waals surface area contributed by atoms with Gasteiger partial charge >= 0.3 is 5.91 Å². The zero-order valence-corrected chi connectivity index (χ0v) is 15.0. The van der Waals surface area contributed by atoms with Crippen molar-refractivity contribution in [1.29, 1.82) is 0 Å². The molecule has 1 atom stereocenters. The minimum Gasteiger partial charge on any atom is -0.290 e. The molecule has 2 aliphatic heterocycles. The molecule has 118 valence electrons. The van der Waals surface area contributed by atoms with E-state index in [1.54, 1.807) is 28.4 Å². The van der Waals surface area contributed by atoms with Crippen LogP contribution in [-0.2, 0) is 11.2 Å². The Hall–Kier alpha value is -1.50. The van der Waals surface area contributed by atoms with E-state index in [1.165, 1.54) is 10.4 Å². The van der Waals surface area contributed by atoms with E-state index < -0.39 is 11.7 Å². The Balaban J connectivity index is 1.66. The zero-order valence-electron chi connectivity index (χ0n) is 12.6. The van der Waals surface area contributed by atoms with Gasteiger partial charge < -0.3 is 0 Å². The molecule has 0 saturated carbocycles. The number of ketones is 1. The van der Waals surface area contributed by atoms with Gasteiger partial charge in [-0.05, 0) is 58.4 Å². The molecule has 0 unspecified atom stereocenters. The summed E-state index contributed by atoms with van der Waals surface area (Å²) >= 11 is 5.28. The average molecular weight is 391 g/mol. The summed E-state index contributed by atoms with van der Waals surface area (Å²) in [5.74, 6) is -0.850. The van der Waals surface area contributed by atoms with Gasteiger partial charge in [-0.3, -0.25) is 19.4 Å². The van der Waals surface area contributed by atoms with Crippen LogP contribution in [0.3, 0.4) is 0 Å². The molecule has 1 amide bonds. The summed E-state index contributed by atoms with van der Waals surface area (Å²) in [5, 5.41) is 2.13. The monoisotopic (exact) mass is 390 g/mol. The van der Waals surface area contributed by atoms with Crippen molar-refractivity contribution in [3.05, 3.63) is 50.1 Å². The second-order valence-corrected chi connectivity index (χ2v) is 7.73. The Bertz CT molecular complexity index is 817. The number of carbonyl (C=O) groups excluding carboxylic acids is 2. The van der Waals surface area contributed by atoms with Crippen LogP contribution >= 0.6 is 27.3 Å². The van der Waals surface area contributed by atoms with E-state index in [1.807, 2.05) is 6.07 Å². The van der Waals surface area contributed by atoms with Crippen LogP contribution in [0.2, 0.25) is 0 Å². The molecule has 0 fully saturated rings. The molecule has 0 N–H and O–H groups in total. The number of Topliss-reactive ketones (excluding diaryl/α,β-unsaturated/α-hetero) is 1. The van der Waals surface area contributed by atoms with E-state index in [4.69, 9.17) is 0 Å². The van der Waals surface area contributed by atoms with Crippen molar-refractivity contribution >= 4 is 44.6 Å². The molecule has 0 aliphatic carbocycles. The fraction of sp³-hybridized carbons (Fsp3) is 0.294. The minimum atomic E-state index is -0.435. The van der Waals surface area contributed by atoms with Gasteiger partial charge in [-0.15, -0.1) is 11.3 Å². The van der Waals surface area contributed by atoms with Crippen LogP contribution in [-0.4, -0.2) is 29.8 Å². The lowest BCUT2D eigenvalue weighted by molar-refractivity contribution is -0.114. The fourth-order valence-corrected chi connectivity index (χ4v) is 4.93. The van der Waals surface area contributed by atoms with Crippen LogP contribution < -0.4 is 4.90 Å². The number of para-hydroxylation sites is 1. The van der Waals surface area contributed by atoms with Crippen molar-refractivity contribution in [2.45, 2.75) is 19.4 Å². The van der Waals surface area contributed by atoms with Gasteiger partial charge in [-0.2, -0.15) is 0 Å². The third-order valence-corrected chi connectivity index (χ3v) is 6.30. The third-order valence-electron chi connectivity index (χ3n) is 4.67. The van der Waals surface area contributed by atoms with Crippen molar-refractivity contribution < 1.29 is 9.59 Å². The molecule has 4 nitrogen and oxygen atoms in total. The number of hydrogen-bond donors (Lipinski definition) is 0. The molecule has 3 heterocycles. The highest BCUT2D eigenvalue weighted by Crippen LogP contribution is 2.38. The molecule has 1 aromatic heterocycles. The molecule has 2 aliphatic rings. The molecule has 4 rings (SSSR count). The number of amides is 1. The van der Waals surface area contributed by atoms with Crippen LogP contribution in [0.15, 0.2) is 34.1 Å². The highest BCUT2D eigenvalue weighted by Gasteiger charge is 2.39. The predicted octanol–water partition coefficient (Wildman–Crippen LogP) is 3.62. The Labute approximate surface area is 146 Å².